The third-order valence-corrected chi connectivity index (χ3v) is 4.91. The monoisotopic (exact) mass is 379 g/mol. The second-order valence-electron chi connectivity index (χ2n) is 8.34. The zero-order valence-corrected chi connectivity index (χ0v) is 16.9. The van der Waals surface area contributed by atoms with Crippen LogP contribution < -0.4 is 15.5 Å². The van der Waals surface area contributed by atoms with Gasteiger partial charge in [0.1, 0.15) is 0 Å². The lowest BCUT2D eigenvalue weighted by Gasteiger charge is -2.33. The first-order chi connectivity index (χ1) is 13.3. The molecule has 0 bridgehead atoms. The quantitative estimate of drug-likeness (QED) is 0.842. The highest BCUT2D eigenvalue weighted by Gasteiger charge is 2.26. The average molecular weight is 380 g/mol. The first-order valence-corrected chi connectivity index (χ1v) is 9.86. The molecule has 2 N–H and O–H groups in total. The first kappa shape index (κ1) is 19.9. The zero-order chi connectivity index (χ0) is 20.1. The van der Waals surface area contributed by atoms with Gasteiger partial charge in [-0.15, -0.1) is 0 Å². The molecule has 3 rings (SSSR count). The predicted octanol–water partition coefficient (Wildman–Crippen LogP) is 4.07. The average Bonchev–Trinajstić information content (AvgIpc) is 2.68. The highest BCUT2D eigenvalue weighted by molar-refractivity contribution is 6.04. The van der Waals surface area contributed by atoms with Gasteiger partial charge in [-0.25, -0.2) is 0 Å². The Labute approximate surface area is 167 Å². The fourth-order valence-electron chi connectivity index (χ4n) is 3.47. The van der Waals surface area contributed by atoms with Gasteiger partial charge in [-0.05, 0) is 57.9 Å². The minimum absolute atomic E-state index is 0.0104. The maximum atomic E-state index is 12.8. The van der Waals surface area contributed by atoms with Gasteiger partial charge in [-0.1, -0.05) is 30.3 Å². The van der Waals surface area contributed by atoms with Crippen molar-refractivity contribution in [2.24, 2.45) is 5.92 Å². The number of para-hydroxylation sites is 2. The molecule has 0 saturated carbocycles. The smallest absolute Gasteiger partial charge is 0.253 e. The van der Waals surface area contributed by atoms with E-state index in [-0.39, 0.29) is 23.3 Å². The summed E-state index contributed by atoms with van der Waals surface area (Å²) in [5, 5.41) is 5.94. The standard InChI is InChI=1S/C23H29N3O2/c1-23(2,3)25-22(28)19-11-7-8-12-20(19)24-21(27)17-13-15-26(16-14-17)18-9-5-4-6-10-18/h4-12,17H,13-16H2,1-3H3,(H,24,27)(H,25,28). The Balaban J connectivity index is 1.62. The van der Waals surface area contributed by atoms with Crippen LogP contribution in [0.4, 0.5) is 11.4 Å². The number of benzene rings is 2. The van der Waals surface area contributed by atoms with E-state index in [0.717, 1.165) is 25.9 Å². The van der Waals surface area contributed by atoms with Crippen LogP contribution in [0.2, 0.25) is 0 Å². The maximum Gasteiger partial charge on any atom is 0.253 e. The van der Waals surface area contributed by atoms with Gasteiger partial charge in [0.2, 0.25) is 5.91 Å². The lowest BCUT2D eigenvalue weighted by atomic mass is 9.95. The third-order valence-electron chi connectivity index (χ3n) is 4.91. The van der Waals surface area contributed by atoms with E-state index in [1.54, 1.807) is 12.1 Å². The predicted molar refractivity (Wildman–Crippen MR) is 114 cm³/mol. The number of hydrogen-bond acceptors (Lipinski definition) is 3. The van der Waals surface area contributed by atoms with Crippen molar-refractivity contribution in [2.45, 2.75) is 39.2 Å². The van der Waals surface area contributed by atoms with Crippen LogP contribution in [0, 0.1) is 5.92 Å². The highest BCUT2D eigenvalue weighted by atomic mass is 16.2. The molecule has 2 aromatic carbocycles. The number of nitrogens with one attached hydrogen (secondary N) is 2. The van der Waals surface area contributed by atoms with E-state index in [4.69, 9.17) is 0 Å². The van der Waals surface area contributed by atoms with Gasteiger partial charge in [0.15, 0.2) is 0 Å². The first-order valence-electron chi connectivity index (χ1n) is 9.86. The van der Waals surface area contributed by atoms with E-state index < -0.39 is 0 Å². The number of piperidine rings is 1. The van der Waals surface area contributed by atoms with Crippen molar-refractivity contribution < 1.29 is 9.59 Å². The number of hydrogen-bond donors (Lipinski definition) is 2. The fourth-order valence-corrected chi connectivity index (χ4v) is 3.47. The molecule has 0 radical (unpaired) electrons. The molecule has 1 fully saturated rings. The van der Waals surface area contributed by atoms with E-state index in [0.29, 0.717) is 11.3 Å². The Bertz CT molecular complexity index is 819. The zero-order valence-electron chi connectivity index (χ0n) is 16.9. The van der Waals surface area contributed by atoms with Gasteiger partial charge in [0.25, 0.3) is 5.91 Å². The van der Waals surface area contributed by atoms with E-state index in [9.17, 15) is 9.59 Å². The second kappa shape index (κ2) is 8.46. The van der Waals surface area contributed by atoms with Crippen LogP contribution in [0.15, 0.2) is 54.6 Å². The van der Waals surface area contributed by atoms with E-state index in [1.165, 1.54) is 5.69 Å². The van der Waals surface area contributed by atoms with Crippen molar-refractivity contribution in [3.8, 4) is 0 Å². The molecule has 5 heteroatoms. The van der Waals surface area contributed by atoms with Gasteiger partial charge in [0, 0.05) is 30.2 Å². The van der Waals surface area contributed by atoms with Crippen LogP contribution >= 0.6 is 0 Å². The minimum atomic E-state index is -0.335. The summed E-state index contributed by atoms with van der Waals surface area (Å²) in [5.74, 6) is -0.232. The number of rotatable bonds is 4. The second-order valence-corrected chi connectivity index (χ2v) is 8.34. The molecule has 148 valence electrons. The summed E-state index contributed by atoms with van der Waals surface area (Å²) in [6.45, 7) is 7.52. The molecule has 1 saturated heterocycles. The summed E-state index contributed by atoms with van der Waals surface area (Å²) in [6.07, 6.45) is 1.61. The molecule has 2 aromatic rings. The molecule has 5 nitrogen and oxygen atoms in total. The summed E-state index contributed by atoms with van der Waals surface area (Å²) >= 11 is 0. The van der Waals surface area contributed by atoms with Gasteiger partial charge >= 0.3 is 0 Å². The number of amides is 2. The molecule has 1 aliphatic rings. The number of carbonyl (C=O) groups excluding carboxylic acids is 2. The minimum Gasteiger partial charge on any atom is -0.371 e. The summed E-state index contributed by atoms with van der Waals surface area (Å²) in [7, 11) is 0. The van der Waals surface area contributed by atoms with Crippen molar-refractivity contribution in [1.29, 1.82) is 0 Å². The van der Waals surface area contributed by atoms with Gasteiger partial charge < -0.3 is 15.5 Å². The summed E-state index contributed by atoms with van der Waals surface area (Å²) < 4.78 is 0. The Kier molecular flexibility index (Phi) is 6.02. The molecule has 1 heterocycles. The summed E-state index contributed by atoms with van der Waals surface area (Å²) in [5.41, 5.74) is 1.93. The van der Waals surface area contributed by atoms with Crippen molar-refractivity contribution in [2.75, 3.05) is 23.3 Å². The van der Waals surface area contributed by atoms with Crippen molar-refractivity contribution >= 4 is 23.2 Å². The van der Waals surface area contributed by atoms with Crippen LogP contribution in [0.25, 0.3) is 0 Å². The topological polar surface area (TPSA) is 61.4 Å². The Morgan fingerprint density at radius 3 is 2.18 bits per heavy atom. The molecule has 0 unspecified atom stereocenters. The SMILES string of the molecule is CC(C)(C)NC(=O)c1ccccc1NC(=O)C1CCN(c2ccccc2)CC1. The van der Waals surface area contributed by atoms with E-state index in [1.807, 2.05) is 51.1 Å². The van der Waals surface area contributed by atoms with Gasteiger partial charge in [-0.2, -0.15) is 0 Å². The molecule has 1 aliphatic heterocycles. The Morgan fingerprint density at radius 1 is 0.929 bits per heavy atom. The molecule has 0 aliphatic carbocycles. The lowest BCUT2D eigenvalue weighted by molar-refractivity contribution is -0.120. The lowest BCUT2D eigenvalue weighted by Crippen LogP contribution is -2.41. The van der Waals surface area contributed by atoms with E-state index in [2.05, 4.69) is 27.7 Å². The number of nitrogens with zero attached hydrogens (tertiary/aromatic N) is 1. The third kappa shape index (κ3) is 5.12. The number of carbonyl (C=O) groups is 2. The largest absolute Gasteiger partial charge is 0.371 e. The Morgan fingerprint density at radius 2 is 1.54 bits per heavy atom. The molecule has 0 atom stereocenters. The van der Waals surface area contributed by atoms with E-state index >= 15 is 0 Å². The molecule has 0 spiro atoms. The normalized spacial score (nSPS) is 15.2. The van der Waals surface area contributed by atoms with Crippen LogP contribution in [0.5, 0.6) is 0 Å². The molecule has 28 heavy (non-hydrogen) atoms. The van der Waals surface area contributed by atoms with Gasteiger partial charge in [-0.3, -0.25) is 9.59 Å². The molecular formula is C23H29N3O2. The van der Waals surface area contributed by atoms with Crippen molar-refractivity contribution in [1.82, 2.24) is 5.32 Å². The van der Waals surface area contributed by atoms with Crippen LogP contribution in [0.1, 0.15) is 44.0 Å². The maximum absolute atomic E-state index is 12.8. The van der Waals surface area contributed by atoms with Crippen molar-refractivity contribution in [3.05, 3.63) is 60.2 Å². The highest BCUT2D eigenvalue weighted by Crippen LogP contribution is 2.25. The summed E-state index contributed by atoms with van der Waals surface area (Å²) in [6, 6.07) is 17.5. The number of anilines is 2. The molecule has 2 amide bonds. The van der Waals surface area contributed by atoms with Crippen LogP contribution in [0.3, 0.4) is 0 Å². The van der Waals surface area contributed by atoms with Gasteiger partial charge in [0.05, 0.1) is 11.3 Å². The summed E-state index contributed by atoms with van der Waals surface area (Å²) in [4.78, 5) is 27.7. The fraction of sp³-hybridized carbons (Fsp3) is 0.391. The van der Waals surface area contributed by atoms with Crippen LogP contribution in [-0.2, 0) is 4.79 Å². The van der Waals surface area contributed by atoms with Crippen LogP contribution in [-0.4, -0.2) is 30.4 Å². The molecular weight excluding hydrogens is 350 g/mol. The van der Waals surface area contributed by atoms with Crippen molar-refractivity contribution in [3.63, 3.8) is 0 Å². The molecule has 0 aromatic heterocycles. The Hall–Kier alpha value is -2.82.